The summed E-state index contributed by atoms with van der Waals surface area (Å²) in [7, 11) is 1.88. The lowest BCUT2D eigenvalue weighted by Gasteiger charge is -2.24. The van der Waals surface area contributed by atoms with Crippen molar-refractivity contribution in [3.05, 3.63) is 82.7 Å². The minimum absolute atomic E-state index is 0.0192. The molecule has 1 aliphatic heterocycles. The van der Waals surface area contributed by atoms with Crippen molar-refractivity contribution < 1.29 is 9.53 Å². The lowest BCUT2D eigenvalue weighted by Crippen LogP contribution is -2.37. The van der Waals surface area contributed by atoms with Crippen LogP contribution in [0.5, 0.6) is 5.75 Å². The van der Waals surface area contributed by atoms with Crippen molar-refractivity contribution in [2.45, 2.75) is 38.3 Å². The zero-order chi connectivity index (χ0) is 21.9. The first-order chi connectivity index (χ1) is 15.7. The number of carbonyl (C=O) groups excluding carboxylic acids is 1. The van der Waals surface area contributed by atoms with Gasteiger partial charge < -0.3 is 10.1 Å². The Balaban J connectivity index is 1.27. The zero-order valence-corrected chi connectivity index (χ0v) is 18.6. The van der Waals surface area contributed by atoms with Gasteiger partial charge in [0.05, 0.1) is 5.69 Å². The Bertz CT molecular complexity index is 1090. The van der Waals surface area contributed by atoms with Gasteiger partial charge in [-0.05, 0) is 37.3 Å². The summed E-state index contributed by atoms with van der Waals surface area (Å²) in [6.07, 6.45) is 4.17. The fourth-order valence-electron chi connectivity index (χ4n) is 4.87. The average molecular weight is 431 g/mol. The predicted octanol–water partition coefficient (Wildman–Crippen LogP) is 3.66. The molecule has 1 amide bonds. The summed E-state index contributed by atoms with van der Waals surface area (Å²) < 4.78 is 8.15. The number of amides is 1. The first kappa shape index (κ1) is 20.8. The molecule has 1 atom stereocenters. The van der Waals surface area contributed by atoms with Crippen molar-refractivity contribution in [2.24, 2.45) is 7.05 Å². The smallest absolute Gasteiger partial charge is 0.269 e. The van der Waals surface area contributed by atoms with E-state index in [-0.39, 0.29) is 12.0 Å². The summed E-state index contributed by atoms with van der Waals surface area (Å²) in [5, 5.41) is 7.72. The molecule has 0 unspecified atom stereocenters. The second-order valence-electron chi connectivity index (χ2n) is 8.72. The number of hydrogen-bond donors (Lipinski definition) is 1. The monoisotopic (exact) mass is 430 g/mol. The summed E-state index contributed by atoms with van der Waals surface area (Å²) in [6, 6.07) is 18.6. The maximum absolute atomic E-state index is 13.0. The molecule has 2 aromatic carbocycles. The fraction of sp³-hybridized carbons (Fsp3) is 0.385. The lowest BCUT2D eigenvalue weighted by molar-refractivity contribution is 0.0932. The van der Waals surface area contributed by atoms with Crippen molar-refractivity contribution in [1.29, 1.82) is 0 Å². The Morgan fingerprint density at radius 2 is 1.88 bits per heavy atom. The maximum atomic E-state index is 13.0. The molecule has 166 valence electrons. The molecule has 0 spiro atoms. The van der Waals surface area contributed by atoms with Gasteiger partial charge in [-0.25, -0.2) is 0 Å². The van der Waals surface area contributed by atoms with Gasteiger partial charge in [0.25, 0.3) is 5.91 Å². The minimum Gasteiger partial charge on any atom is -0.484 e. The molecule has 3 aromatic rings. The number of ether oxygens (including phenoxy) is 1. The number of aryl methyl sites for hydroxylation is 2. The van der Waals surface area contributed by atoms with Gasteiger partial charge >= 0.3 is 0 Å². The molecule has 1 aromatic heterocycles. The van der Waals surface area contributed by atoms with Crippen LogP contribution in [0.2, 0.25) is 0 Å². The van der Waals surface area contributed by atoms with Crippen molar-refractivity contribution in [1.82, 2.24) is 20.0 Å². The molecular formula is C26H30N4O2. The number of hydrogen-bond acceptors (Lipinski definition) is 4. The van der Waals surface area contributed by atoms with Gasteiger partial charge in [-0.15, -0.1) is 0 Å². The third-order valence-electron chi connectivity index (χ3n) is 6.48. The fourth-order valence-corrected chi connectivity index (χ4v) is 4.87. The summed E-state index contributed by atoms with van der Waals surface area (Å²) in [5.74, 6) is 0.920. The molecule has 1 aliphatic carbocycles. The highest BCUT2D eigenvalue weighted by molar-refractivity contribution is 5.94. The van der Waals surface area contributed by atoms with E-state index in [4.69, 9.17) is 4.74 Å². The topological polar surface area (TPSA) is 59.4 Å². The van der Waals surface area contributed by atoms with E-state index in [0.717, 1.165) is 68.0 Å². The maximum Gasteiger partial charge on any atom is 0.269 e. The molecule has 0 bridgehead atoms. The molecule has 0 saturated carbocycles. The van der Waals surface area contributed by atoms with Gasteiger partial charge in [-0.1, -0.05) is 48.5 Å². The van der Waals surface area contributed by atoms with Gasteiger partial charge in [0.2, 0.25) is 0 Å². The summed E-state index contributed by atoms with van der Waals surface area (Å²) in [6.45, 7) is 2.92. The van der Waals surface area contributed by atoms with E-state index >= 15 is 0 Å². The third-order valence-corrected chi connectivity index (χ3v) is 6.48. The molecule has 0 saturated heterocycles. The Morgan fingerprint density at radius 3 is 2.75 bits per heavy atom. The number of rotatable bonds is 5. The van der Waals surface area contributed by atoms with Gasteiger partial charge in [-0.3, -0.25) is 14.4 Å². The van der Waals surface area contributed by atoms with Gasteiger partial charge in [0, 0.05) is 44.4 Å². The first-order valence-corrected chi connectivity index (χ1v) is 11.5. The summed E-state index contributed by atoms with van der Waals surface area (Å²) in [4.78, 5) is 15.3. The Hall–Kier alpha value is -3.12. The average Bonchev–Trinajstić information content (AvgIpc) is 3.03. The number of nitrogens with one attached hydrogen (secondary N) is 1. The number of para-hydroxylation sites is 1. The van der Waals surface area contributed by atoms with Crippen LogP contribution < -0.4 is 10.1 Å². The van der Waals surface area contributed by atoms with Gasteiger partial charge in [0.1, 0.15) is 17.5 Å². The highest BCUT2D eigenvalue weighted by Gasteiger charge is 2.26. The zero-order valence-electron chi connectivity index (χ0n) is 18.6. The molecule has 6 nitrogen and oxygen atoms in total. The second kappa shape index (κ2) is 9.17. The van der Waals surface area contributed by atoms with Crippen LogP contribution in [-0.2, 0) is 26.4 Å². The van der Waals surface area contributed by atoms with Crippen LogP contribution in [0.3, 0.4) is 0 Å². The van der Waals surface area contributed by atoms with Crippen LogP contribution in [-0.4, -0.2) is 40.2 Å². The van der Waals surface area contributed by atoms with E-state index in [0.29, 0.717) is 6.54 Å². The second-order valence-corrected chi connectivity index (χ2v) is 8.72. The van der Waals surface area contributed by atoms with Crippen molar-refractivity contribution in [3.63, 3.8) is 0 Å². The quantitative estimate of drug-likeness (QED) is 0.671. The van der Waals surface area contributed by atoms with E-state index < -0.39 is 0 Å². The highest BCUT2D eigenvalue weighted by Crippen LogP contribution is 2.31. The number of aromatic nitrogens is 2. The van der Waals surface area contributed by atoms with E-state index in [1.54, 1.807) is 4.68 Å². The molecule has 0 fully saturated rings. The molecule has 1 N–H and O–H groups in total. The standard InChI is InChI=1S/C26H30N4O2/c1-29-25(21-12-6-7-13-22(21)28-29)26(31)27-15-16-30-17-20-11-5-8-14-23(20)32-24(18-30)19-9-3-2-4-10-19/h2-5,8-11,14,24H,6-7,12-13,15-18H2,1H3,(H,27,31)/t24-/m1/s1. The molecule has 32 heavy (non-hydrogen) atoms. The Labute approximate surface area is 189 Å². The number of benzene rings is 2. The van der Waals surface area contributed by atoms with Crippen LogP contribution in [0.4, 0.5) is 0 Å². The Morgan fingerprint density at radius 1 is 1.09 bits per heavy atom. The number of carbonyl (C=O) groups is 1. The highest BCUT2D eigenvalue weighted by atomic mass is 16.5. The number of nitrogens with zero attached hydrogens (tertiary/aromatic N) is 3. The molecule has 2 heterocycles. The summed E-state index contributed by atoms with van der Waals surface area (Å²) >= 11 is 0. The van der Waals surface area contributed by atoms with E-state index in [2.05, 4.69) is 51.7 Å². The SMILES string of the molecule is Cn1nc2c(c1C(=O)NCCN1Cc3ccccc3O[C@@H](c3ccccc3)C1)CCCC2. The van der Waals surface area contributed by atoms with E-state index in [1.165, 1.54) is 11.1 Å². The van der Waals surface area contributed by atoms with Gasteiger partial charge in [-0.2, -0.15) is 5.10 Å². The van der Waals surface area contributed by atoms with Crippen molar-refractivity contribution in [3.8, 4) is 5.75 Å². The number of fused-ring (bicyclic) bond motifs is 2. The van der Waals surface area contributed by atoms with Crippen LogP contribution in [0.15, 0.2) is 54.6 Å². The van der Waals surface area contributed by atoms with Crippen LogP contribution in [0.1, 0.15) is 51.8 Å². The minimum atomic E-state index is -0.0420. The first-order valence-electron chi connectivity index (χ1n) is 11.5. The third kappa shape index (κ3) is 4.28. The van der Waals surface area contributed by atoms with E-state index in [1.807, 2.05) is 25.2 Å². The predicted molar refractivity (Wildman–Crippen MR) is 124 cm³/mol. The van der Waals surface area contributed by atoms with Gasteiger partial charge in [0.15, 0.2) is 0 Å². The van der Waals surface area contributed by atoms with E-state index in [9.17, 15) is 4.79 Å². The van der Waals surface area contributed by atoms with Crippen LogP contribution in [0, 0.1) is 0 Å². The van der Waals surface area contributed by atoms with Crippen molar-refractivity contribution in [2.75, 3.05) is 19.6 Å². The lowest BCUT2D eigenvalue weighted by atomic mass is 9.95. The normalized spacial score (nSPS) is 18.2. The van der Waals surface area contributed by atoms with Crippen LogP contribution >= 0.6 is 0 Å². The molecule has 2 aliphatic rings. The molecule has 6 heteroatoms. The molecular weight excluding hydrogens is 400 g/mol. The van der Waals surface area contributed by atoms with Crippen LogP contribution in [0.25, 0.3) is 0 Å². The Kier molecular flexibility index (Phi) is 5.95. The largest absolute Gasteiger partial charge is 0.484 e. The molecule has 5 rings (SSSR count). The summed E-state index contributed by atoms with van der Waals surface area (Å²) in [5.41, 5.74) is 5.30. The van der Waals surface area contributed by atoms with Crippen molar-refractivity contribution >= 4 is 5.91 Å². The molecule has 0 radical (unpaired) electrons.